The Balaban J connectivity index is 3.15. The van der Waals surface area contributed by atoms with Crippen molar-refractivity contribution in [2.75, 3.05) is 7.11 Å². The number of ether oxygens (including phenoxy) is 1. The first-order valence-corrected chi connectivity index (χ1v) is 4.33. The second-order valence-electron chi connectivity index (χ2n) is 2.96. The van der Waals surface area contributed by atoms with Crippen LogP contribution in [0.1, 0.15) is 26.5 Å². The molecule has 0 spiro atoms. The van der Waals surface area contributed by atoms with Gasteiger partial charge in [-0.25, -0.2) is 9.78 Å². The van der Waals surface area contributed by atoms with Crippen LogP contribution in [0.25, 0.3) is 0 Å². The highest BCUT2D eigenvalue weighted by molar-refractivity contribution is 5.89. The van der Waals surface area contributed by atoms with E-state index in [4.69, 9.17) is 5.11 Å². The topological polar surface area (TPSA) is 93.6 Å². The Labute approximate surface area is 90.9 Å². The van der Waals surface area contributed by atoms with Gasteiger partial charge >= 0.3 is 11.9 Å². The SMILES string of the molecule is COC(=O)c1cc(C=O)cc(CC(=O)O)n1. The zero-order chi connectivity index (χ0) is 12.1. The molecule has 1 rings (SSSR count). The Morgan fingerprint density at radius 3 is 2.69 bits per heavy atom. The van der Waals surface area contributed by atoms with Gasteiger partial charge in [-0.05, 0) is 12.1 Å². The van der Waals surface area contributed by atoms with E-state index in [1.165, 1.54) is 19.2 Å². The summed E-state index contributed by atoms with van der Waals surface area (Å²) in [5.41, 5.74) is 0.243. The van der Waals surface area contributed by atoms with Gasteiger partial charge in [0.25, 0.3) is 0 Å². The molecular formula is C10H9NO5. The van der Waals surface area contributed by atoms with E-state index >= 15 is 0 Å². The molecule has 0 saturated heterocycles. The molecule has 0 bridgehead atoms. The van der Waals surface area contributed by atoms with Gasteiger partial charge in [0.15, 0.2) is 0 Å². The quantitative estimate of drug-likeness (QED) is 0.583. The average Bonchev–Trinajstić information content (AvgIpc) is 2.26. The summed E-state index contributed by atoms with van der Waals surface area (Å²) in [6.07, 6.45) is 0.158. The molecule has 0 aliphatic carbocycles. The van der Waals surface area contributed by atoms with Gasteiger partial charge in [-0.2, -0.15) is 0 Å². The number of aldehydes is 1. The number of hydrogen-bond acceptors (Lipinski definition) is 5. The summed E-state index contributed by atoms with van der Waals surface area (Å²) in [5.74, 6) is -1.80. The van der Waals surface area contributed by atoms with Gasteiger partial charge in [-0.3, -0.25) is 9.59 Å². The van der Waals surface area contributed by atoms with Crippen molar-refractivity contribution < 1.29 is 24.2 Å². The standard InChI is InChI=1S/C10H9NO5/c1-16-10(15)8-3-6(5-12)2-7(11-8)4-9(13)14/h2-3,5H,4H2,1H3,(H,13,14). The Kier molecular flexibility index (Phi) is 3.71. The molecule has 0 unspecified atom stereocenters. The third-order valence-electron chi connectivity index (χ3n) is 1.76. The van der Waals surface area contributed by atoms with Crippen LogP contribution in [0.5, 0.6) is 0 Å². The number of esters is 1. The van der Waals surface area contributed by atoms with Gasteiger partial charge in [0.1, 0.15) is 12.0 Å². The van der Waals surface area contributed by atoms with E-state index in [-0.39, 0.29) is 23.4 Å². The maximum Gasteiger partial charge on any atom is 0.356 e. The fourth-order valence-corrected chi connectivity index (χ4v) is 1.13. The normalized spacial score (nSPS) is 9.56. The van der Waals surface area contributed by atoms with E-state index in [9.17, 15) is 14.4 Å². The summed E-state index contributed by atoms with van der Waals surface area (Å²) in [4.78, 5) is 36.0. The van der Waals surface area contributed by atoms with Crippen LogP contribution >= 0.6 is 0 Å². The maximum atomic E-state index is 11.2. The summed E-state index contributed by atoms with van der Waals surface area (Å²) in [6, 6.07) is 2.55. The molecule has 1 N–H and O–H groups in total. The van der Waals surface area contributed by atoms with Crippen molar-refractivity contribution in [2.24, 2.45) is 0 Å². The van der Waals surface area contributed by atoms with Gasteiger partial charge < -0.3 is 9.84 Å². The van der Waals surface area contributed by atoms with Crippen LogP contribution in [0.2, 0.25) is 0 Å². The molecule has 1 aromatic heterocycles. The fraction of sp³-hybridized carbons (Fsp3) is 0.200. The van der Waals surface area contributed by atoms with Crippen molar-refractivity contribution in [3.8, 4) is 0 Å². The molecule has 0 radical (unpaired) electrons. The van der Waals surface area contributed by atoms with E-state index in [1.54, 1.807) is 0 Å². The molecule has 84 valence electrons. The molecule has 0 aliphatic heterocycles. The van der Waals surface area contributed by atoms with Crippen LogP contribution in [0.3, 0.4) is 0 Å². The van der Waals surface area contributed by atoms with Crippen molar-refractivity contribution in [1.29, 1.82) is 0 Å². The zero-order valence-electron chi connectivity index (χ0n) is 8.47. The van der Waals surface area contributed by atoms with E-state index in [0.717, 1.165) is 0 Å². The Hall–Kier alpha value is -2.24. The van der Waals surface area contributed by atoms with Crippen LogP contribution in [-0.4, -0.2) is 35.4 Å². The summed E-state index contributed by atoms with van der Waals surface area (Å²) >= 11 is 0. The van der Waals surface area contributed by atoms with Crippen molar-refractivity contribution in [3.05, 3.63) is 29.1 Å². The average molecular weight is 223 g/mol. The van der Waals surface area contributed by atoms with Gasteiger partial charge in [-0.15, -0.1) is 0 Å². The molecular weight excluding hydrogens is 214 g/mol. The number of carboxylic acid groups (broad SMARTS) is 1. The molecule has 0 fully saturated rings. The van der Waals surface area contributed by atoms with Crippen LogP contribution in [0.15, 0.2) is 12.1 Å². The van der Waals surface area contributed by atoms with Crippen LogP contribution in [0, 0.1) is 0 Å². The molecule has 6 heteroatoms. The molecule has 16 heavy (non-hydrogen) atoms. The molecule has 6 nitrogen and oxygen atoms in total. The molecule has 0 amide bonds. The minimum atomic E-state index is -1.09. The minimum Gasteiger partial charge on any atom is -0.481 e. The molecule has 1 aromatic rings. The fourth-order valence-electron chi connectivity index (χ4n) is 1.13. The molecule has 0 atom stereocenters. The molecule has 0 aromatic carbocycles. The number of carbonyl (C=O) groups excluding carboxylic acids is 2. The van der Waals surface area contributed by atoms with E-state index in [0.29, 0.717) is 6.29 Å². The second-order valence-corrected chi connectivity index (χ2v) is 2.96. The lowest BCUT2D eigenvalue weighted by Crippen LogP contribution is -2.10. The molecule has 0 saturated carbocycles. The number of methoxy groups -OCH3 is 1. The first kappa shape index (κ1) is 11.8. The maximum absolute atomic E-state index is 11.2. The molecule has 0 aliphatic rings. The summed E-state index contributed by atoms with van der Waals surface area (Å²) < 4.78 is 4.43. The number of nitrogens with zero attached hydrogens (tertiary/aromatic N) is 1. The van der Waals surface area contributed by atoms with Crippen molar-refractivity contribution in [3.63, 3.8) is 0 Å². The van der Waals surface area contributed by atoms with Gasteiger partial charge in [0.05, 0.1) is 19.2 Å². The summed E-state index contributed by atoms with van der Waals surface area (Å²) in [5, 5.41) is 8.57. The molecule has 1 heterocycles. The van der Waals surface area contributed by atoms with Crippen LogP contribution in [0.4, 0.5) is 0 Å². The predicted molar refractivity (Wildman–Crippen MR) is 52.3 cm³/mol. The first-order valence-electron chi connectivity index (χ1n) is 4.33. The third-order valence-corrected chi connectivity index (χ3v) is 1.76. The van der Waals surface area contributed by atoms with Gasteiger partial charge in [-0.1, -0.05) is 0 Å². The summed E-state index contributed by atoms with van der Waals surface area (Å²) in [7, 11) is 1.18. The highest BCUT2D eigenvalue weighted by Gasteiger charge is 2.12. The van der Waals surface area contributed by atoms with E-state index in [1.807, 2.05) is 0 Å². The number of pyridine rings is 1. The lowest BCUT2D eigenvalue weighted by Gasteiger charge is -2.02. The van der Waals surface area contributed by atoms with Crippen molar-refractivity contribution in [2.45, 2.75) is 6.42 Å². The van der Waals surface area contributed by atoms with Gasteiger partial charge in [0.2, 0.25) is 0 Å². The largest absolute Gasteiger partial charge is 0.481 e. The lowest BCUT2D eigenvalue weighted by atomic mass is 10.1. The number of carbonyl (C=O) groups is 3. The monoisotopic (exact) mass is 223 g/mol. The van der Waals surface area contributed by atoms with Crippen LogP contribution in [-0.2, 0) is 16.0 Å². The number of aliphatic carboxylic acids is 1. The number of hydrogen-bond donors (Lipinski definition) is 1. The third kappa shape index (κ3) is 2.88. The van der Waals surface area contributed by atoms with Crippen LogP contribution < -0.4 is 0 Å². The Morgan fingerprint density at radius 1 is 1.50 bits per heavy atom. The van der Waals surface area contributed by atoms with Crippen molar-refractivity contribution in [1.82, 2.24) is 4.98 Å². The number of carboxylic acids is 1. The predicted octanol–water partition coefficient (Wildman–Crippen LogP) is 0.308. The van der Waals surface area contributed by atoms with E-state index in [2.05, 4.69) is 9.72 Å². The highest BCUT2D eigenvalue weighted by atomic mass is 16.5. The van der Waals surface area contributed by atoms with Crippen molar-refractivity contribution >= 4 is 18.2 Å². The smallest absolute Gasteiger partial charge is 0.356 e. The van der Waals surface area contributed by atoms with Gasteiger partial charge in [0, 0.05) is 5.56 Å². The number of rotatable bonds is 4. The highest BCUT2D eigenvalue weighted by Crippen LogP contribution is 2.06. The Morgan fingerprint density at radius 2 is 2.19 bits per heavy atom. The minimum absolute atomic E-state index is 0.0802. The lowest BCUT2D eigenvalue weighted by molar-refractivity contribution is -0.136. The number of aromatic nitrogens is 1. The first-order chi connectivity index (χ1) is 7.56. The summed E-state index contributed by atoms with van der Waals surface area (Å²) in [6.45, 7) is 0. The Bertz CT molecular complexity index is 441. The second kappa shape index (κ2) is 5.01. The van der Waals surface area contributed by atoms with E-state index < -0.39 is 11.9 Å². The zero-order valence-corrected chi connectivity index (χ0v) is 8.47.